The second-order valence-corrected chi connectivity index (χ2v) is 7.48. The van der Waals surface area contributed by atoms with Crippen LogP contribution in [-0.4, -0.2) is 52.3 Å². The first-order chi connectivity index (χ1) is 12.9. The molecule has 0 unspecified atom stereocenters. The van der Waals surface area contributed by atoms with E-state index in [-0.39, 0.29) is 0 Å². The summed E-state index contributed by atoms with van der Waals surface area (Å²) in [5.41, 5.74) is 3.22. The van der Waals surface area contributed by atoms with Crippen molar-refractivity contribution < 1.29 is 0 Å². The third-order valence-electron chi connectivity index (χ3n) is 5.93. The Hall–Kier alpha value is -2.40. The lowest BCUT2D eigenvalue weighted by atomic mass is 10.0. The summed E-state index contributed by atoms with van der Waals surface area (Å²) >= 11 is 0. The first-order valence-corrected chi connectivity index (χ1v) is 9.77. The molecule has 1 N–H and O–H groups in total. The zero-order valence-corrected chi connectivity index (χ0v) is 15.1. The molecule has 0 radical (unpaired) electrons. The average molecular weight is 347 g/mol. The summed E-state index contributed by atoms with van der Waals surface area (Å²) < 4.78 is 0. The summed E-state index contributed by atoms with van der Waals surface area (Å²) in [4.78, 5) is 9.78. The minimum absolute atomic E-state index is 0.771. The van der Waals surface area contributed by atoms with Crippen LogP contribution in [0.2, 0.25) is 0 Å². The Kier molecular flexibility index (Phi) is 4.09. The predicted molar refractivity (Wildman–Crippen MR) is 105 cm³/mol. The first-order valence-electron chi connectivity index (χ1n) is 9.77. The molecule has 4 heterocycles. The van der Waals surface area contributed by atoms with Crippen LogP contribution in [0.1, 0.15) is 25.7 Å². The highest BCUT2D eigenvalue weighted by molar-refractivity contribution is 5.93. The number of benzene rings is 1. The summed E-state index contributed by atoms with van der Waals surface area (Å²) in [7, 11) is 0. The lowest BCUT2D eigenvalue weighted by Gasteiger charge is -2.37. The van der Waals surface area contributed by atoms with Crippen molar-refractivity contribution in [3.05, 3.63) is 42.6 Å². The van der Waals surface area contributed by atoms with Crippen molar-refractivity contribution in [1.82, 2.24) is 20.1 Å². The van der Waals surface area contributed by atoms with Gasteiger partial charge in [0.15, 0.2) is 0 Å². The number of aromatic amines is 1. The molecule has 2 aliphatic rings. The van der Waals surface area contributed by atoms with E-state index in [0.29, 0.717) is 0 Å². The molecule has 0 spiro atoms. The van der Waals surface area contributed by atoms with Gasteiger partial charge in [-0.2, -0.15) is 5.10 Å². The van der Waals surface area contributed by atoms with Crippen molar-refractivity contribution in [2.45, 2.75) is 31.7 Å². The maximum absolute atomic E-state index is 4.65. The standard InChI is InChI=1S/C21H25N5/c1-2-6-19-18(5-1)21(24-23-19)16-7-10-22-20(15-16)26-13-8-17(9-14-26)25-11-3-4-12-25/h1-2,5-7,10,15,17H,3-4,8-9,11-14H2,(H,23,24). The van der Waals surface area contributed by atoms with E-state index in [4.69, 9.17) is 0 Å². The molecular formula is C21H25N5. The number of anilines is 1. The van der Waals surface area contributed by atoms with Gasteiger partial charge in [0.2, 0.25) is 0 Å². The number of nitrogens with zero attached hydrogens (tertiary/aromatic N) is 4. The van der Waals surface area contributed by atoms with Crippen LogP contribution in [0.5, 0.6) is 0 Å². The highest BCUT2D eigenvalue weighted by Crippen LogP contribution is 2.29. The van der Waals surface area contributed by atoms with Crippen LogP contribution in [0.15, 0.2) is 42.6 Å². The zero-order chi connectivity index (χ0) is 17.3. The van der Waals surface area contributed by atoms with Gasteiger partial charge in [-0.05, 0) is 57.0 Å². The van der Waals surface area contributed by atoms with Gasteiger partial charge in [0.25, 0.3) is 0 Å². The van der Waals surface area contributed by atoms with E-state index in [1.165, 1.54) is 38.8 Å². The second kappa shape index (κ2) is 6.72. The smallest absolute Gasteiger partial charge is 0.129 e. The fraction of sp³-hybridized carbons (Fsp3) is 0.429. The van der Waals surface area contributed by atoms with Gasteiger partial charge in [0, 0.05) is 36.3 Å². The summed E-state index contributed by atoms with van der Waals surface area (Å²) in [5, 5.41) is 8.84. The molecule has 5 nitrogen and oxygen atoms in total. The predicted octanol–water partition coefficient (Wildman–Crippen LogP) is 3.69. The van der Waals surface area contributed by atoms with E-state index < -0.39 is 0 Å². The maximum atomic E-state index is 4.65. The average Bonchev–Trinajstić information content (AvgIpc) is 3.38. The van der Waals surface area contributed by atoms with E-state index in [9.17, 15) is 0 Å². The molecule has 2 saturated heterocycles. The minimum Gasteiger partial charge on any atom is -0.356 e. The number of H-pyrrole nitrogens is 1. The number of para-hydroxylation sites is 1. The van der Waals surface area contributed by atoms with E-state index in [1.54, 1.807) is 0 Å². The van der Waals surface area contributed by atoms with Crippen molar-refractivity contribution in [2.75, 3.05) is 31.1 Å². The van der Waals surface area contributed by atoms with Crippen LogP contribution < -0.4 is 4.90 Å². The van der Waals surface area contributed by atoms with Gasteiger partial charge in [0.05, 0.1) is 5.52 Å². The van der Waals surface area contributed by atoms with Gasteiger partial charge < -0.3 is 9.80 Å². The SMILES string of the molecule is c1ccc2c(-c3ccnc(N4CCC(N5CCCC5)CC4)c3)n[nH]c2c1. The summed E-state index contributed by atoms with van der Waals surface area (Å²) in [6.07, 6.45) is 7.16. The number of nitrogens with one attached hydrogen (secondary N) is 1. The minimum atomic E-state index is 0.771. The fourth-order valence-corrected chi connectivity index (χ4v) is 4.49. The number of fused-ring (bicyclic) bond motifs is 1. The maximum Gasteiger partial charge on any atom is 0.129 e. The molecule has 2 aromatic heterocycles. The number of hydrogen-bond donors (Lipinski definition) is 1. The molecule has 0 amide bonds. The summed E-state index contributed by atoms with van der Waals surface area (Å²) in [6.45, 7) is 4.78. The molecular weight excluding hydrogens is 322 g/mol. The van der Waals surface area contributed by atoms with E-state index >= 15 is 0 Å². The molecule has 2 aliphatic heterocycles. The number of rotatable bonds is 3. The molecule has 5 rings (SSSR count). The Morgan fingerprint density at radius 3 is 2.62 bits per heavy atom. The summed E-state index contributed by atoms with van der Waals surface area (Å²) in [6, 6.07) is 13.3. The van der Waals surface area contributed by atoms with Crippen LogP contribution in [0.4, 0.5) is 5.82 Å². The number of pyridine rings is 1. The fourth-order valence-electron chi connectivity index (χ4n) is 4.49. The van der Waals surface area contributed by atoms with Crippen LogP contribution in [0.3, 0.4) is 0 Å². The molecule has 2 fully saturated rings. The summed E-state index contributed by atoms with van der Waals surface area (Å²) in [5.74, 6) is 1.08. The molecule has 26 heavy (non-hydrogen) atoms. The Bertz CT molecular complexity index is 888. The molecule has 0 saturated carbocycles. The van der Waals surface area contributed by atoms with Crippen LogP contribution >= 0.6 is 0 Å². The first kappa shape index (κ1) is 15.8. The molecule has 3 aromatic rings. The van der Waals surface area contributed by atoms with Gasteiger partial charge in [0.1, 0.15) is 11.5 Å². The van der Waals surface area contributed by atoms with Crippen molar-refractivity contribution in [3.63, 3.8) is 0 Å². The lowest BCUT2D eigenvalue weighted by molar-refractivity contribution is 0.207. The van der Waals surface area contributed by atoms with Gasteiger partial charge in [-0.3, -0.25) is 5.10 Å². The van der Waals surface area contributed by atoms with Crippen LogP contribution in [0, 0.1) is 0 Å². The lowest BCUT2D eigenvalue weighted by Crippen LogP contribution is -2.44. The third kappa shape index (κ3) is 2.86. The van der Waals surface area contributed by atoms with E-state index in [0.717, 1.165) is 47.1 Å². The van der Waals surface area contributed by atoms with Crippen molar-refractivity contribution in [2.24, 2.45) is 0 Å². The molecule has 5 heteroatoms. The van der Waals surface area contributed by atoms with Gasteiger partial charge in [-0.25, -0.2) is 4.98 Å². The third-order valence-corrected chi connectivity index (χ3v) is 5.93. The molecule has 0 bridgehead atoms. The largest absolute Gasteiger partial charge is 0.356 e. The normalized spacial score (nSPS) is 19.5. The zero-order valence-electron chi connectivity index (χ0n) is 15.1. The number of likely N-dealkylation sites (tertiary alicyclic amines) is 1. The highest BCUT2D eigenvalue weighted by atomic mass is 15.2. The second-order valence-electron chi connectivity index (χ2n) is 7.48. The van der Waals surface area contributed by atoms with Gasteiger partial charge >= 0.3 is 0 Å². The van der Waals surface area contributed by atoms with Gasteiger partial charge in [-0.1, -0.05) is 18.2 Å². The van der Waals surface area contributed by atoms with Gasteiger partial charge in [-0.15, -0.1) is 0 Å². The van der Waals surface area contributed by atoms with E-state index in [2.05, 4.69) is 55.3 Å². The Morgan fingerprint density at radius 1 is 0.962 bits per heavy atom. The monoisotopic (exact) mass is 347 g/mol. The topological polar surface area (TPSA) is 48.1 Å². The number of aromatic nitrogens is 3. The number of piperidine rings is 1. The Morgan fingerprint density at radius 2 is 1.77 bits per heavy atom. The molecule has 134 valence electrons. The van der Waals surface area contributed by atoms with Crippen LogP contribution in [-0.2, 0) is 0 Å². The van der Waals surface area contributed by atoms with E-state index in [1.807, 2.05) is 12.3 Å². The van der Waals surface area contributed by atoms with Crippen molar-refractivity contribution in [1.29, 1.82) is 0 Å². The Balaban J connectivity index is 1.35. The molecule has 0 atom stereocenters. The highest BCUT2D eigenvalue weighted by Gasteiger charge is 2.27. The number of hydrogen-bond acceptors (Lipinski definition) is 4. The Labute approximate surface area is 154 Å². The quantitative estimate of drug-likeness (QED) is 0.785. The van der Waals surface area contributed by atoms with Crippen molar-refractivity contribution >= 4 is 16.7 Å². The molecule has 1 aromatic carbocycles. The molecule has 0 aliphatic carbocycles. The van der Waals surface area contributed by atoms with Crippen molar-refractivity contribution in [3.8, 4) is 11.3 Å². The van der Waals surface area contributed by atoms with Crippen LogP contribution in [0.25, 0.3) is 22.2 Å².